The third-order valence-electron chi connectivity index (χ3n) is 5.50. The van der Waals surface area contributed by atoms with E-state index in [1.807, 2.05) is 30.3 Å². The lowest BCUT2D eigenvalue weighted by Crippen LogP contribution is -2.37. The molecular formula is C23H16Cl2N2O4. The molecule has 0 saturated carbocycles. The van der Waals surface area contributed by atoms with E-state index in [1.165, 1.54) is 12.1 Å². The minimum absolute atomic E-state index is 0.0621. The third-order valence-corrected chi connectivity index (χ3v) is 6.24. The molecule has 6 nitrogen and oxygen atoms in total. The van der Waals surface area contributed by atoms with Crippen LogP contribution in [-0.2, 0) is 14.4 Å². The van der Waals surface area contributed by atoms with E-state index in [1.54, 1.807) is 35.4 Å². The average molecular weight is 455 g/mol. The van der Waals surface area contributed by atoms with Crippen molar-refractivity contribution in [2.24, 2.45) is 5.92 Å². The molecule has 31 heavy (non-hydrogen) atoms. The van der Waals surface area contributed by atoms with Gasteiger partial charge in [-0.25, -0.2) is 9.96 Å². The highest BCUT2D eigenvalue weighted by atomic mass is 35.5. The summed E-state index contributed by atoms with van der Waals surface area (Å²) >= 11 is 12.1. The molecule has 2 aliphatic rings. The number of aromatic hydroxyl groups is 1. The van der Waals surface area contributed by atoms with E-state index in [-0.39, 0.29) is 10.8 Å². The number of carbonyl (C=O) groups excluding carboxylic acids is 2. The maximum Gasteiger partial charge on any atom is 0.266 e. The fraction of sp³-hybridized carbons (Fsp3) is 0.130. The summed E-state index contributed by atoms with van der Waals surface area (Å²) < 4.78 is 0. The van der Waals surface area contributed by atoms with Gasteiger partial charge in [0.15, 0.2) is 6.10 Å². The van der Waals surface area contributed by atoms with Gasteiger partial charge in [-0.1, -0.05) is 53.5 Å². The lowest BCUT2D eigenvalue weighted by Gasteiger charge is -2.28. The van der Waals surface area contributed by atoms with Crippen LogP contribution in [0.3, 0.4) is 0 Å². The highest BCUT2D eigenvalue weighted by molar-refractivity contribution is 6.42. The molecule has 8 heteroatoms. The van der Waals surface area contributed by atoms with Crippen molar-refractivity contribution in [3.8, 4) is 5.75 Å². The number of amides is 2. The number of fused-ring (bicyclic) bond motifs is 1. The molecule has 156 valence electrons. The molecular weight excluding hydrogens is 439 g/mol. The second-order valence-corrected chi connectivity index (χ2v) is 8.18. The monoisotopic (exact) mass is 454 g/mol. The zero-order chi connectivity index (χ0) is 21.7. The van der Waals surface area contributed by atoms with Crippen molar-refractivity contribution in [3.05, 3.63) is 88.4 Å². The van der Waals surface area contributed by atoms with Crippen LogP contribution in [-0.4, -0.2) is 23.0 Å². The maximum absolute atomic E-state index is 13.5. The van der Waals surface area contributed by atoms with E-state index >= 15 is 0 Å². The van der Waals surface area contributed by atoms with E-state index in [2.05, 4.69) is 0 Å². The van der Waals surface area contributed by atoms with Crippen molar-refractivity contribution in [2.45, 2.75) is 12.1 Å². The number of hydrogen-bond acceptors (Lipinski definition) is 5. The molecule has 2 saturated heterocycles. The Morgan fingerprint density at radius 3 is 2.29 bits per heavy atom. The molecule has 0 radical (unpaired) electrons. The van der Waals surface area contributed by atoms with Gasteiger partial charge < -0.3 is 5.11 Å². The molecule has 0 spiro atoms. The molecule has 2 amide bonds. The van der Waals surface area contributed by atoms with Crippen LogP contribution in [0.25, 0.3) is 0 Å². The van der Waals surface area contributed by atoms with Crippen LogP contribution in [0.15, 0.2) is 72.8 Å². The zero-order valence-corrected chi connectivity index (χ0v) is 17.5. The Morgan fingerprint density at radius 1 is 0.806 bits per heavy atom. The standard InChI is InChI=1S/C23H16Cl2N2O4/c24-17-10-9-15(12-18(17)25)26-22(29)19-20(13-5-4-8-16(28)11-13)27(31-21(19)23(26)30)14-6-2-1-3-7-14/h1-12,19-21,28H. The van der Waals surface area contributed by atoms with Gasteiger partial charge in [-0.05, 0) is 48.0 Å². The molecule has 0 bridgehead atoms. The Labute approximate surface area is 188 Å². The summed E-state index contributed by atoms with van der Waals surface area (Å²) in [7, 11) is 0. The SMILES string of the molecule is O=C1C2ON(c3ccccc3)C(c3cccc(O)c3)C2C(=O)N1c1ccc(Cl)c(Cl)c1. The first-order valence-electron chi connectivity index (χ1n) is 9.58. The second-order valence-electron chi connectivity index (χ2n) is 7.36. The van der Waals surface area contributed by atoms with E-state index in [9.17, 15) is 14.7 Å². The number of hydrogen-bond donors (Lipinski definition) is 1. The number of nitrogens with zero attached hydrogens (tertiary/aromatic N) is 2. The molecule has 1 N–H and O–H groups in total. The number of phenols is 1. The normalized spacial score (nSPS) is 22.8. The fourth-order valence-corrected chi connectivity index (χ4v) is 4.43. The minimum Gasteiger partial charge on any atom is -0.508 e. The summed E-state index contributed by atoms with van der Waals surface area (Å²) in [4.78, 5) is 33.9. The number of benzene rings is 3. The summed E-state index contributed by atoms with van der Waals surface area (Å²) in [6, 6.07) is 19.8. The molecule has 3 atom stereocenters. The molecule has 2 fully saturated rings. The highest BCUT2D eigenvalue weighted by Crippen LogP contribution is 2.48. The third kappa shape index (κ3) is 3.24. The quantitative estimate of drug-likeness (QED) is 0.578. The van der Waals surface area contributed by atoms with E-state index < -0.39 is 29.9 Å². The molecule has 3 unspecified atom stereocenters. The number of para-hydroxylation sites is 1. The summed E-state index contributed by atoms with van der Waals surface area (Å²) in [6.07, 6.45) is -1.01. The minimum atomic E-state index is -1.01. The van der Waals surface area contributed by atoms with Crippen molar-refractivity contribution in [1.82, 2.24) is 0 Å². The number of carbonyl (C=O) groups is 2. The summed E-state index contributed by atoms with van der Waals surface area (Å²) in [5.74, 6) is -1.62. The number of phenolic OH excluding ortho intramolecular Hbond substituents is 1. The van der Waals surface area contributed by atoms with Crippen LogP contribution in [0, 0.1) is 5.92 Å². The van der Waals surface area contributed by atoms with Gasteiger partial charge >= 0.3 is 0 Å². The van der Waals surface area contributed by atoms with Crippen molar-refractivity contribution < 1.29 is 19.5 Å². The van der Waals surface area contributed by atoms with Gasteiger partial charge in [-0.2, -0.15) is 0 Å². The topological polar surface area (TPSA) is 70.1 Å². The van der Waals surface area contributed by atoms with E-state index in [0.29, 0.717) is 22.0 Å². The van der Waals surface area contributed by atoms with Crippen LogP contribution in [0.1, 0.15) is 11.6 Å². The smallest absolute Gasteiger partial charge is 0.266 e. The number of halogens is 2. The number of hydroxylamine groups is 1. The molecule has 2 heterocycles. The van der Waals surface area contributed by atoms with E-state index in [4.69, 9.17) is 28.0 Å². The summed E-state index contributed by atoms with van der Waals surface area (Å²) in [5.41, 5.74) is 1.70. The Balaban J connectivity index is 1.59. The Kier molecular flexibility index (Phi) is 4.85. The highest BCUT2D eigenvalue weighted by Gasteiger charge is 2.60. The first-order chi connectivity index (χ1) is 15.0. The number of rotatable bonds is 3. The summed E-state index contributed by atoms with van der Waals surface area (Å²) in [6.45, 7) is 0. The molecule has 5 rings (SSSR count). The van der Waals surface area contributed by atoms with Crippen LogP contribution in [0.4, 0.5) is 11.4 Å². The average Bonchev–Trinajstić information content (AvgIpc) is 3.27. The van der Waals surface area contributed by atoms with Crippen molar-refractivity contribution in [1.29, 1.82) is 0 Å². The van der Waals surface area contributed by atoms with Crippen molar-refractivity contribution in [2.75, 3.05) is 9.96 Å². The van der Waals surface area contributed by atoms with Gasteiger partial charge in [-0.3, -0.25) is 14.4 Å². The number of anilines is 2. The van der Waals surface area contributed by atoms with Crippen LogP contribution >= 0.6 is 23.2 Å². The molecule has 0 aliphatic carbocycles. The number of imide groups is 1. The van der Waals surface area contributed by atoms with Gasteiger partial charge in [0.05, 0.1) is 27.5 Å². The lowest BCUT2D eigenvalue weighted by molar-refractivity contribution is -0.126. The molecule has 3 aromatic carbocycles. The van der Waals surface area contributed by atoms with Gasteiger partial charge in [0.2, 0.25) is 5.91 Å². The van der Waals surface area contributed by atoms with E-state index in [0.717, 1.165) is 4.90 Å². The van der Waals surface area contributed by atoms with Crippen molar-refractivity contribution >= 4 is 46.4 Å². The van der Waals surface area contributed by atoms with Crippen LogP contribution in [0.5, 0.6) is 5.75 Å². The Bertz CT molecular complexity index is 1190. The Hall–Kier alpha value is -3.06. The van der Waals surface area contributed by atoms with Gasteiger partial charge in [0, 0.05) is 0 Å². The molecule has 3 aromatic rings. The van der Waals surface area contributed by atoms with Gasteiger partial charge in [0.25, 0.3) is 5.91 Å². The first-order valence-corrected chi connectivity index (χ1v) is 10.3. The lowest BCUT2D eigenvalue weighted by atomic mass is 9.90. The predicted molar refractivity (Wildman–Crippen MR) is 117 cm³/mol. The van der Waals surface area contributed by atoms with Crippen molar-refractivity contribution in [3.63, 3.8) is 0 Å². The second kappa shape index (κ2) is 7.57. The zero-order valence-electron chi connectivity index (χ0n) is 16.0. The predicted octanol–water partition coefficient (Wildman–Crippen LogP) is 4.75. The fourth-order valence-electron chi connectivity index (χ4n) is 4.14. The maximum atomic E-state index is 13.5. The molecule has 2 aliphatic heterocycles. The Morgan fingerprint density at radius 2 is 1.58 bits per heavy atom. The summed E-state index contributed by atoms with van der Waals surface area (Å²) in [5, 5.41) is 12.2. The first kappa shape index (κ1) is 19.9. The van der Waals surface area contributed by atoms with Gasteiger partial charge in [-0.15, -0.1) is 0 Å². The van der Waals surface area contributed by atoms with Crippen LogP contribution < -0.4 is 9.96 Å². The van der Waals surface area contributed by atoms with Gasteiger partial charge in [0.1, 0.15) is 11.7 Å². The van der Waals surface area contributed by atoms with Crippen LogP contribution in [0.2, 0.25) is 10.0 Å². The molecule has 0 aromatic heterocycles. The largest absolute Gasteiger partial charge is 0.508 e.